The molecule has 7 nitrogen and oxygen atoms in total. The zero-order valence-corrected chi connectivity index (χ0v) is 16.9. The van der Waals surface area contributed by atoms with Gasteiger partial charge in [-0.3, -0.25) is 14.6 Å². The highest BCUT2D eigenvalue weighted by Gasteiger charge is 2.33. The van der Waals surface area contributed by atoms with Gasteiger partial charge in [-0.15, -0.1) is 0 Å². The van der Waals surface area contributed by atoms with Gasteiger partial charge >= 0.3 is 0 Å². The molecule has 0 saturated carbocycles. The first kappa shape index (κ1) is 20.5. The number of amides is 1. The van der Waals surface area contributed by atoms with E-state index in [9.17, 15) is 9.59 Å². The van der Waals surface area contributed by atoms with Gasteiger partial charge in [-0.05, 0) is 38.6 Å². The Hall–Kier alpha value is -2.25. The quantitative estimate of drug-likeness (QED) is 0.685. The first-order valence-corrected chi connectivity index (χ1v) is 10.2. The van der Waals surface area contributed by atoms with E-state index >= 15 is 0 Å². The van der Waals surface area contributed by atoms with Crippen molar-refractivity contribution < 1.29 is 9.59 Å². The second kappa shape index (κ2) is 9.80. The van der Waals surface area contributed by atoms with Crippen molar-refractivity contribution in [1.82, 2.24) is 15.1 Å². The number of Topliss-reactive ketones (excluding diaryl/α,β-unsaturated/α-hetero) is 1. The number of hydrogen-bond donors (Lipinski definition) is 1. The number of para-hydroxylation sites is 1. The number of carbonyl (C=O) groups excluding carboxylic acids is 2. The van der Waals surface area contributed by atoms with E-state index < -0.39 is 6.04 Å². The molecule has 0 spiro atoms. The molecule has 28 heavy (non-hydrogen) atoms. The maximum atomic E-state index is 12.5. The maximum Gasteiger partial charge on any atom is 0.267 e. The normalized spacial score (nSPS) is 20.9. The zero-order valence-electron chi connectivity index (χ0n) is 16.9. The molecule has 1 amide bonds. The molecule has 0 aromatic heterocycles. The van der Waals surface area contributed by atoms with Crippen molar-refractivity contribution in [3.8, 4) is 0 Å². The lowest BCUT2D eigenvalue weighted by Gasteiger charge is -2.33. The number of likely N-dealkylation sites (N-methyl/N-ethyl adjacent to an activating group) is 1. The van der Waals surface area contributed by atoms with Gasteiger partial charge in [-0.1, -0.05) is 25.1 Å². The van der Waals surface area contributed by atoms with Crippen LogP contribution in [0.3, 0.4) is 0 Å². The van der Waals surface area contributed by atoms with Gasteiger partial charge in [-0.2, -0.15) is 5.10 Å². The van der Waals surface area contributed by atoms with Crippen molar-refractivity contribution in [2.75, 3.05) is 50.8 Å². The second-order valence-corrected chi connectivity index (χ2v) is 7.44. The lowest BCUT2D eigenvalue weighted by atomic mass is 10.1. The van der Waals surface area contributed by atoms with E-state index in [4.69, 9.17) is 0 Å². The third-order valence-corrected chi connectivity index (χ3v) is 5.51. The number of carbonyl (C=O) groups is 2. The van der Waals surface area contributed by atoms with Crippen LogP contribution >= 0.6 is 0 Å². The predicted molar refractivity (Wildman–Crippen MR) is 112 cm³/mol. The summed E-state index contributed by atoms with van der Waals surface area (Å²) >= 11 is 0. The number of rotatable bonds is 8. The Morgan fingerprint density at radius 2 is 1.79 bits per heavy atom. The fourth-order valence-electron chi connectivity index (χ4n) is 3.72. The maximum absolute atomic E-state index is 12.5. The summed E-state index contributed by atoms with van der Waals surface area (Å²) in [6, 6.07) is 9.12. The minimum absolute atomic E-state index is 0.0154. The van der Waals surface area contributed by atoms with Gasteiger partial charge < -0.3 is 15.1 Å². The van der Waals surface area contributed by atoms with Crippen LogP contribution in [0.5, 0.6) is 0 Å². The van der Waals surface area contributed by atoms with Crippen LogP contribution in [0.2, 0.25) is 0 Å². The lowest BCUT2D eigenvalue weighted by molar-refractivity contribution is -0.118. The molecule has 0 aliphatic carbocycles. The lowest BCUT2D eigenvalue weighted by Crippen LogP contribution is -2.46. The molecule has 1 N–H and O–H groups in total. The molecular weight excluding hydrogens is 354 g/mol. The summed E-state index contributed by atoms with van der Waals surface area (Å²) in [6.45, 7) is 10.9. The summed E-state index contributed by atoms with van der Waals surface area (Å²) in [5.74, 6) is -0.151. The van der Waals surface area contributed by atoms with Crippen LogP contribution in [0.25, 0.3) is 0 Å². The molecule has 1 atom stereocenters. The van der Waals surface area contributed by atoms with Crippen molar-refractivity contribution in [3.05, 3.63) is 30.3 Å². The smallest absolute Gasteiger partial charge is 0.267 e. The van der Waals surface area contributed by atoms with E-state index in [1.165, 1.54) is 0 Å². The minimum Gasteiger partial charge on any atom is -0.351 e. The monoisotopic (exact) mass is 385 g/mol. The minimum atomic E-state index is -0.405. The first-order chi connectivity index (χ1) is 13.6. The standard InChI is InChI=1S/C21H31N5O2/c1-3-24-12-14-25(15-13-24)11-7-10-22-21(28)19-16-20(17(2)27)26(23-19)18-8-5-4-6-9-18/h4-6,8-9,20H,3,7,10-16H2,1-2H3,(H,22,28). The average Bonchev–Trinajstić information content (AvgIpc) is 3.18. The molecule has 1 aromatic rings. The Morgan fingerprint density at radius 3 is 2.43 bits per heavy atom. The number of nitrogens with one attached hydrogen (secondary N) is 1. The Balaban J connectivity index is 1.47. The molecule has 2 heterocycles. The molecule has 7 heteroatoms. The molecule has 1 fully saturated rings. The topological polar surface area (TPSA) is 68.2 Å². The highest BCUT2D eigenvalue weighted by atomic mass is 16.2. The number of benzene rings is 1. The van der Waals surface area contributed by atoms with Gasteiger partial charge in [0.2, 0.25) is 0 Å². The molecule has 1 saturated heterocycles. The van der Waals surface area contributed by atoms with Crippen LogP contribution in [0, 0.1) is 0 Å². The SMILES string of the molecule is CCN1CCN(CCCNC(=O)C2=NN(c3ccccc3)C(C(C)=O)C2)CC1. The van der Waals surface area contributed by atoms with Crippen LogP contribution < -0.4 is 10.3 Å². The largest absolute Gasteiger partial charge is 0.351 e. The van der Waals surface area contributed by atoms with Gasteiger partial charge in [0.15, 0.2) is 5.78 Å². The van der Waals surface area contributed by atoms with E-state index in [1.54, 1.807) is 11.9 Å². The van der Waals surface area contributed by atoms with E-state index in [0.29, 0.717) is 18.7 Å². The summed E-state index contributed by atoms with van der Waals surface area (Å²) in [5.41, 5.74) is 1.26. The van der Waals surface area contributed by atoms with E-state index in [0.717, 1.165) is 51.4 Å². The van der Waals surface area contributed by atoms with E-state index in [1.807, 2.05) is 30.3 Å². The number of hydrogen-bond acceptors (Lipinski definition) is 6. The van der Waals surface area contributed by atoms with Crippen LogP contribution in [-0.2, 0) is 9.59 Å². The molecule has 0 radical (unpaired) electrons. The molecule has 2 aliphatic rings. The number of anilines is 1. The number of hydrazone groups is 1. The summed E-state index contributed by atoms with van der Waals surface area (Å²) < 4.78 is 0. The van der Waals surface area contributed by atoms with Gasteiger partial charge in [0.1, 0.15) is 11.8 Å². The van der Waals surface area contributed by atoms with Crippen molar-refractivity contribution in [1.29, 1.82) is 0 Å². The average molecular weight is 386 g/mol. The highest BCUT2D eigenvalue weighted by molar-refractivity contribution is 6.40. The number of ketones is 1. The van der Waals surface area contributed by atoms with Crippen LogP contribution in [0.4, 0.5) is 5.69 Å². The van der Waals surface area contributed by atoms with Gasteiger partial charge in [-0.25, -0.2) is 0 Å². The Labute approximate surface area is 167 Å². The molecule has 1 unspecified atom stereocenters. The molecule has 1 aromatic carbocycles. The molecular formula is C21H31N5O2. The fourth-order valence-corrected chi connectivity index (χ4v) is 3.72. The fraction of sp³-hybridized carbons (Fsp3) is 0.571. The molecule has 152 valence electrons. The third kappa shape index (κ3) is 5.17. The summed E-state index contributed by atoms with van der Waals surface area (Å²) in [6.07, 6.45) is 1.28. The Kier molecular flexibility index (Phi) is 7.17. The first-order valence-electron chi connectivity index (χ1n) is 10.2. The van der Waals surface area contributed by atoms with Crippen LogP contribution in [0.15, 0.2) is 35.4 Å². The molecule has 3 rings (SSSR count). The van der Waals surface area contributed by atoms with Gasteiger partial charge in [0.25, 0.3) is 5.91 Å². The second-order valence-electron chi connectivity index (χ2n) is 7.44. The molecule has 0 bridgehead atoms. The van der Waals surface area contributed by atoms with Crippen molar-refractivity contribution in [2.45, 2.75) is 32.7 Å². The van der Waals surface area contributed by atoms with Gasteiger partial charge in [0.05, 0.1) is 5.69 Å². The van der Waals surface area contributed by atoms with Gasteiger partial charge in [0, 0.05) is 39.1 Å². The van der Waals surface area contributed by atoms with Crippen molar-refractivity contribution in [2.24, 2.45) is 5.10 Å². The van der Waals surface area contributed by atoms with Crippen LogP contribution in [0.1, 0.15) is 26.7 Å². The van der Waals surface area contributed by atoms with E-state index in [2.05, 4.69) is 27.1 Å². The zero-order chi connectivity index (χ0) is 19.9. The molecule has 2 aliphatic heterocycles. The van der Waals surface area contributed by atoms with Crippen LogP contribution in [-0.4, -0.2) is 79.1 Å². The Bertz CT molecular complexity index is 698. The predicted octanol–water partition coefficient (Wildman–Crippen LogP) is 1.35. The number of nitrogens with zero attached hydrogens (tertiary/aromatic N) is 4. The summed E-state index contributed by atoms with van der Waals surface area (Å²) in [5, 5.41) is 9.09. The third-order valence-electron chi connectivity index (χ3n) is 5.51. The van der Waals surface area contributed by atoms with Crippen molar-refractivity contribution >= 4 is 23.1 Å². The Morgan fingerprint density at radius 1 is 1.11 bits per heavy atom. The summed E-state index contributed by atoms with van der Waals surface area (Å²) in [7, 11) is 0. The summed E-state index contributed by atoms with van der Waals surface area (Å²) in [4.78, 5) is 29.5. The van der Waals surface area contributed by atoms with E-state index in [-0.39, 0.29) is 11.7 Å². The highest BCUT2D eigenvalue weighted by Crippen LogP contribution is 2.24. The number of piperazine rings is 1. The van der Waals surface area contributed by atoms with Crippen molar-refractivity contribution in [3.63, 3.8) is 0 Å².